The highest BCUT2D eigenvalue weighted by molar-refractivity contribution is 9.10. The van der Waals surface area contributed by atoms with Crippen LogP contribution in [0.1, 0.15) is 0 Å². The minimum absolute atomic E-state index is 0.00537. The van der Waals surface area contributed by atoms with Crippen molar-refractivity contribution in [3.05, 3.63) is 75.2 Å². The third-order valence-electron chi connectivity index (χ3n) is 2.65. The van der Waals surface area contributed by atoms with E-state index in [4.69, 9.17) is 5.73 Å². The van der Waals surface area contributed by atoms with Gasteiger partial charge in [0.05, 0.1) is 35.5 Å². The van der Waals surface area contributed by atoms with E-state index in [9.17, 15) is 39.1 Å². The molecule has 0 bridgehead atoms. The van der Waals surface area contributed by atoms with E-state index < -0.39 is 37.8 Å². The number of benzene rings is 2. The first-order chi connectivity index (χ1) is 12.0. The minimum atomic E-state index is -1.12. The second kappa shape index (κ2) is 8.57. The van der Waals surface area contributed by atoms with Crippen LogP contribution in [0.2, 0.25) is 0 Å². The Bertz CT molecular complexity index is 889. The number of nitrogen functional groups attached to an aromatic ring is 1. The van der Waals surface area contributed by atoms with Gasteiger partial charge in [0, 0.05) is 18.2 Å². The number of halogens is 4. The number of hydrogen-bond acceptors (Lipinski definition) is 7. The maximum Gasteiger partial charge on any atom is 0.312 e. The van der Waals surface area contributed by atoms with Crippen molar-refractivity contribution >= 4 is 54.6 Å². The van der Waals surface area contributed by atoms with Gasteiger partial charge < -0.3 is 5.73 Å². The van der Waals surface area contributed by atoms with Crippen LogP contribution in [-0.2, 0) is 0 Å². The molecule has 138 valence electrons. The third-order valence-corrected chi connectivity index (χ3v) is 3.81. The molecule has 0 aliphatic heterocycles. The number of rotatable bonds is 3. The number of hydrogen-bond donors (Lipinski definition) is 1. The Hall–Kier alpha value is -2.74. The van der Waals surface area contributed by atoms with Crippen molar-refractivity contribution in [1.29, 1.82) is 0 Å². The summed E-state index contributed by atoms with van der Waals surface area (Å²) in [5.41, 5.74) is 3.21. The van der Waals surface area contributed by atoms with Crippen molar-refractivity contribution in [2.24, 2.45) is 0 Å². The second-order valence-corrected chi connectivity index (χ2v) is 6.07. The van der Waals surface area contributed by atoms with Crippen molar-refractivity contribution < 1.29 is 23.6 Å². The van der Waals surface area contributed by atoms with Gasteiger partial charge in [-0.2, -0.15) is 4.39 Å². The molecule has 2 rings (SSSR count). The fourth-order valence-electron chi connectivity index (χ4n) is 1.50. The standard InChI is InChI=1S/C6H2BrFN2O4.C6H4BrFN2O2/c7-4-1-3(9(11)12)2-5(6(4)8)10(13)14;7-4-1-3(10(11)12)2-5(9)6(4)8/h1-2H;1-2H,9H2. The molecule has 0 saturated heterocycles. The van der Waals surface area contributed by atoms with Crippen molar-refractivity contribution in [1.82, 2.24) is 0 Å². The Balaban J connectivity index is 0.000000263. The van der Waals surface area contributed by atoms with Crippen LogP contribution in [0.3, 0.4) is 0 Å². The lowest BCUT2D eigenvalue weighted by Gasteiger charge is -1.98. The van der Waals surface area contributed by atoms with Crippen molar-refractivity contribution in [3.8, 4) is 0 Å². The van der Waals surface area contributed by atoms with Crippen LogP contribution >= 0.6 is 31.9 Å². The van der Waals surface area contributed by atoms with Crippen LogP contribution in [0, 0.1) is 42.0 Å². The van der Waals surface area contributed by atoms with Crippen molar-refractivity contribution in [3.63, 3.8) is 0 Å². The van der Waals surface area contributed by atoms with Crippen molar-refractivity contribution in [2.75, 3.05) is 5.73 Å². The smallest absolute Gasteiger partial charge is 0.312 e. The molecule has 2 aromatic carbocycles. The lowest BCUT2D eigenvalue weighted by molar-refractivity contribution is -0.396. The van der Waals surface area contributed by atoms with E-state index in [1.165, 1.54) is 0 Å². The van der Waals surface area contributed by atoms with Crippen LogP contribution in [0.25, 0.3) is 0 Å². The Morgan fingerprint density at radius 1 is 0.769 bits per heavy atom. The molecule has 2 aromatic rings. The summed E-state index contributed by atoms with van der Waals surface area (Å²) in [5, 5.41) is 30.8. The number of nitrogens with two attached hydrogens (primary N) is 1. The molecule has 0 heterocycles. The van der Waals surface area contributed by atoms with Gasteiger partial charge in [-0.25, -0.2) is 4.39 Å². The summed E-state index contributed by atoms with van der Waals surface area (Å²) in [5.74, 6) is -1.80. The van der Waals surface area contributed by atoms with Crippen LogP contribution in [0.4, 0.5) is 31.5 Å². The molecule has 0 radical (unpaired) electrons. The Morgan fingerprint density at radius 3 is 1.58 bits per heavy atom. The Morgan fingerprint density at radius 2 is 1.19 bits per heavy atom. The predicted molar refractivity (Wildman–Crippen MR) is 92.6 cm³/mol. The summed E-state index contributed by atoms with van der Waals surface area (Å²) in [4.78, 5) is 28.3. The lowest BCUT2D eigenvalue weighted by Crippen LogP contribution is -1.96. The fraction of sp³-hybridized carbons (Fsp3) is 0. The zero-order valence-electron chi connectivity index (χ0n) is 12.2. The van der Waals surface area contributed by atoms with Crippen LogP contribution in [0.5, 0.6) is 0 Å². The minimum Gasteiger partial charge on any atom is -0.396 e. The molecule has 0 aliphatic carbocycles. The molecule has 0 aliphatic rings. The van der Waals surface area contributed by atoms with E-state index in [-0.39, 0.29) is 20.3 Å². The summed E-state index contributed by atoms with van der Waals surface area (Å²) in [6.07, 6.45) is 0. The van der Waals surface area contributed by atoms with Crippen LogP contribution in [0.15, 0.2) is 33.2 Å². The van der Waals surface area contributed by atoms with E-state index in [0.29, 0.717) is 6.07 Å². The summed E-state index contributed by atoms with van der Waals surface area (Å²) >= 11 is 5.46. The van der Waals surface area contributed by atoms with Gasteiger partial charge in [0.25, 0.3) is 11.4 Å². The quantitative estimate of drug-likeness (QED) is 0.370. The molecule has 0 saturated carbocycles. The molecule has 2 N–H and O–H groups in total. The van der Waals surface area contributed by atoms with Gasteiger partial charge >= 0.3 is 5.69 Å². The molecule has 26 heavy (non-hydrogen) atoms. The van der Waals surface area contributed by atoms with Crippen LogP contribution in [-0.4, -0.2) is 14.8 Å². The van der Waals surface area contributed by atoms with E-state index in [0.717, 1.165) is 18.2 Å². The Labute approximate surface area is 159 Å². The van der Waals surface area contributed by atoms with Gasteiger partial charge in [0.2, 0.25) is 5.82 Å². The molecule has 0 aromatic heterocycles. The third kappa shape index (κ3) is 5.13. The molecule has 0 fully saturated rings. The van der Waals surface area contributed by atoms with E-state index in [2.05, 4.69) is 31.9 Å². The number of non-ortho nitro benzene ring substituents is 2. The molecule has 0 spiro atoms. The average molecular weight is 500 g/mol. The first-order valence-electron chi connectivity index (χ1n) is 6.12. The Kier molecular flexibility index (Phi) is 7.02. The summed E-state index contributed by atoms with van der Waals surface area (Å²) in [6.45, 7) is 0. The second-order valence-electron chi connectivity index (χ2n) is 4.36. The number of nitrogens with zero attached hydrogens (tertiary/aromatic N) is 3. The SMILES string of the molecule is Nc1cc([N+](=O)[O-])cc(Br)c1F.O=[N+]([O-])c1cc(Br)c(F)c([N+](=O)[O-])c1. The highest BCUT2D eigenvalue weighted by Gasteiger charge is 2.23. The van der Waals surface area contributed by atoms with Gasteiger partial charge in [-0.1, -0.05) is 0 Å². The molecule has 0 atom stereocenters. The van der Waals surface area contributed by atoms with Crippen molar-refractivity contribution in [2.45, 2.75) is 0 Å². The zero-order valence-corrected chi connectivity index (χ0v) is 15.4. The van der Waals surface area contributed by atoms with Gasteiger partial charge in [-0.15, -0.1) is 0 Å². The normalized spacial score (nSPS) is 9.85. The maximum absolute atomic E-state index is 13.0. The highest BCUT2D eigenvalue weighted by atomic mass is 79.9. The van der Waals surface area contributed by atoms with Gasteiger partial charge in [-0.05, 0) is 31.9 Å². The lowest BCUT2D eigenvalue weighted by atomic mass is 10.3. The topological polar surface area (TPSA) is 155 Å². The monoisotopic (exact) mass is 498 g/mol. The largest absolute Gasteiger partial charge is 0.396 e. The number of anilines is 1. The highest BCUT2D eigenvalue weighted by Crippen LogP contribution is 2.30. The van der Waals surface area contributed by atoms with Gasteiger partial charge in [-0.3, -0.25) is 30.3 Å². The molecular weight excluding hydrogens is 494 g/mol. The zero-order chi connectivity index (χ0) is 20.2. The van der Waals surface area contributed by atoms with Gasteiger partial charge in [0.1, 0.15) is 0 Å². The maximum atomic E-state index is 13.0. The molecule has 0 unspecified atom stereocenters. The first-order valence-corrected chi connectivity index (χ1v) is 7.71. The van der Waals surface area contributed by atoms with Gasteiger partial charge in [0.15, 0.2) is 5.82 Å². The van der Waals surface area contributed by atoms with E-state index in [1.54, 1.807) is 0 Å². The molecule has 10 nitrogen and oxygen atoms in total. The van der Waals surface area contributed by atoms with E-state index >= 15 is 0 Å². The summed E-state index contributed by atoms with van der Waals surface area (Å²) < 4.78 is 25.5. The fourth-order valence-corrected chi connectivity index (χ4v) is 2.40. The number of nitro groups is 3. The first kappa shape index (κ1) is 21.3. The average Bonchev–Trinajstić information content (AvgIpc) is 2.54. The molecule has 0 amide bonds. The van der Waals surface area contributed by atoms with Crippen LogP contribution < -0.4 is 5.73 Å². The number of nitro benzene ring substituents is 3. The molecule has 14 heteroatoms. The molecular formula is C12H6Br2F2N4O6. The summed E-state index contributed by atoms with van der Waals surface area (Å²) in [7, 11) is 0. The summed E-state index contributed by atoms with van der Waals surface area (Å²) in [6, 6.07) is 3.47. The predicted octanol–water partition coefficient (Wildman–Crippen LogP) is 4.48. The van der Waals surface area contributed by atoms with E-state index in [1.807, 2.05) is 0 Å².